The number of nitrogens with zero attached hydrogens (tertiary/aromatic N) is 1. The molecule has 0 aliphatic rings. The molecule has 3 N–H and O–H groups in total. The molecule has 0 saturated carbocycles. The largest absolute Gasteiger partial charge is 0.497 e. The van der Waals surface area contributed by atoms with E-state index < -0.39 is 0 Å². The molecule has 0 aliphatic carbocycles. The first kappa shape index (κ1) is 14.8. The van der Waals surface area contributed by atoms with Gasteiger partial charge in [0.05, 0.1) is 18.4 Å². The van der Waals surface area contributed by atoms with Crippen LogP contribution in [0.5, 0.6) is 17.2 Å². The van der Waals surface area contributed by atoms with E-state index in [4.69, 9.17) is 20.6 Å². The molecule has 5 nitrogen and oxygen atoms in total. The van der Waals surface area contributed by atoms with Crippen molar-refractivity contribution < 1.29 is 9.47 Å². The minimum atomic E-state index is -0.0502. The number of aryl methyl sites for hydroxylation is 2. The third-order valence-electron chi connectivity index (χ3n) is 3.11. The molecule has 0 bridgehead atoms. The molecule has 2 aromatic rings. The van der Waals surface area contributed by atoms with Crippen molar-refractivity contribution in [3.63, 3.8) is 0 Å². The fourth-order valence-corrected chi connectivity index (χ4v) is 2.00. The van der Waals surface area contributed by atoms with Crippen LogP contribution in [0, 0.1) is 12.3 Å². The number of pyridine rings is 1. The number of ether oxygens (including phenoxy) is 2. The summed E-state index contributed by atoms with van der Waals surface area (Å²) in [5.74, 6) is 1.75. The van der Waals surface area contributed by atoms with Gasteiger partial charge >= 0.3 is 0 Å². The molecule has 0 fully saturated rings. The van der Waals surface area contributed by atoms with Gasteiger partial charge in [-0.2, -0.15) is 0 Å². The summed E-state index contributed by atoms with van der Waals surface area (Å²) in [6.45, 7) is 3.96. The number of rotatable bonds is 5. The second-order valence-corrected chi connectivity index (χ2v) is 4.63. The van der Waals surface area contributed by atoms with E-state index in [2.05, 4.69) is 4.98 Å². The third kappa shape index (κ3) is 3.31. The second-order valence-electron chi connectivity index (χ2n) is 4.63. The summed E-state index contributed by atoms with van der Waals surface area (Å²) >= 11 is 0. The summed E-state index contributed by atoms with van der Waals surface area (Å²) < 4.78 is 11.1. The van der Waals surface area contributed by atoms with Crippen LogP contribution in [0.15, 0.2) is 30.3 Å². The highest BCUT2D eigenvalue weighted by Crippen LogP contribution is 2.31. The van der Waals surface area contributed by atoms with Gasteiger partial charge in [0.15, 0.2) is 0 Å². The van der Waals surface area contributed by atoms with Gasteiger partial charge in [-0.05, 0) is 37.6 Å². The Hall–Kier alpha value is -2.56. The molecule has 110 valence electrons. The van der Waals surface area contributed by atoms with Gasteiger partial charge in [-0.3, -0.25) is 10.4 Å². The Morgan fingerprint density at radius 2 is 2.00 bits per heavy atom. The summed E-state index contributed by atoms with van der Waals surface area (Å²) in [6.07, 6.45) is 0.760. The quantitative estimate of drug-likeness (QED) is 0.653. The van der Waals surface area contributed by atoms with E-state index in [1.807, 2.05) is 26.0 Å². The lowest BCUT2D eigenvalue weighted by molar-refractivity contribution is 0.408. The van der Waals surface area contributed by atoms with Crippen LogP contribution in [0.1, 0.15) is 23.9 Å². The normalized spacial score (nSPS) is 10.2. The van der Waals surface area contributed by atoms with Crippen molar-refractivity contribution in [1.82, 2.24) is 4.98 Å². The Bertz CT molecular complexity index is 669. The average Bonchev–Trinajstić information content (AvgIpc) is 2.48. The van der Waals surface area contributed by atoms with Crippen molar-refractivity contribution in [1.29, 1.82) is 5.41 Å². The van der Waals surface area contributed by atoms with Gasteiger partial charge in [0.2, 0.25) is 0 Å². The van der Waals surface area contributed by atoms with E-state index in [-0.39, 0.29) is 5.84 Å². The van der Waals surface area contributed by atoms with Gasteiger partial charge in [-0.15, -0.1) is 0 Å². The molecule has 0 unspecified atom stereocenters. The highest BCUT2D eigenvalue weighted by atomic mass is 16.5. The van der Waals surface area contributed by atoms with Crippen LogP contribution in [-0.2, 0) is 6.42 Å². The molecule has 1 aromatic heterocycles. The molecule has 0 saturated heterocycles. The van der Waals surface area contributed by atoms with Crippen molar-refractivity contribution >= 4 is 5.84 Å². The van der Waals surface area contributed by atoms with Crippen LogP contribution in [0.2, 0.25) is 0 Å². The fraction of sp³-hybridized carbons (Fsp3) is 0.250. The lowest BCUT2D eigenvalue weighted by Crippen LogP contribution is -2.12. The Morgan fingerprint density at radius 3 is 2.62 bits per heavy atom. The zero-order valence-electron chi connectivity index (χ0n) is 12.4. The van der Waals surface area contributed by atoms with E-state index in [9.17, 15) is 0 Å². The summed E-state index contributed by atoms with van der Waals surface area (Å²) in [5.41, 5.74) is 7.94. The lowest BCUT2D eigenvalue weighted by atomic mass is 10.1. The fourth-order valence-electron chi connectivity index (χ4n) is 2.00. The number of aromatic nitrogens is 1. The minimum Gasteiger partial charge on any atom is -0.497 e. The first-order valence-electron chi connectivity index (χ1n) is 6.72. The minimum absolute atomic E-state index is 0.0502. The number of hydrogen-bond acceptors (Lipinski definition) is 4. The van der Waals surface area contributed by atoms with Crippen molar-refractivity contribution in [3.05, 3.63) is 47.3 Å². The Morgan fingerprint density at radius 1 is 1.24 bits per heavy atom. The van der Waals surface area contributed by atoms with Crippen molar-refractivity contribution in [2.24, 2.45) is 5.73 Å². The lowest BCUT2D eigenvalue weighted by Gasteiger charge is -2.14. The smallest absolute Gasteiger partial charge is 0.148 e. The number of nitrogen functional groups attached to an aromatic ring is 1. The highest BCUT2D eigenvalue weighted by molar-refractivity contribution is 5.97. The molecule has 0 spiro atoms. The summed E-state index contributed by atoms with van der Waals surface area (Å²) in [6, 6.07) is 8.95. The maximum Gasteiger partial charge on any atom is 0.148 e. The van der Waals surface area contributed by atoms with Gasteiger partial charge in [0.1, 0.15) is 23.1 Å². The molecule has 1 heterocycles. The van der Waals surface area contributed by atoms with Crippen LogP contribution >= 0.6 is 0 Å². The maximum absolute atomic E-state index is 7.64. The van der Waals surface area contributed by atoms with Crippen LogP contribution in [0.25, 0.3) is 0 Å². The van der Waals surface area contributed by atoms with Gasteiger partial charge < -0.3 is 15.2 Å². The van der Waals surface area contributed by atoms with Gasteiger partial charge in [0, 0.05) is 11.8 Å². The van der Waals surface area contributed by atoms with Crippen molar-refractivity contribution in [3.8, 4) is 17.2 Å². The SMILES string of the molecule is CCc1nc(C)ccc1Oc1cc(OC)ccc1C(=N)N. The molecule has 5 heteroatoms. The summed E-state index contributed by atoms with van der Waals surface area (Å²) in [4.78, 5) is 4.46. The van der Waals surface area contributed by atoms with Crippen molar-refractivity contribution in [2.75, 3.05) is 7.11 Å². The van der Waals surface area contributed by atoms with Crippen molar-refractivity contribution in [2.45, 2.75) is 20.3 Å². The number of amidine groups is 1. The van der Waals surface area contributed by atoms with E-state index >= 15 is 0 Å². The molecule has 0 atom stereocenters. The van der Waals surface area contributed by atoms with E-state index in [1.165, 1.54) is 0 Å². The third-order valence-corrected chi connectivity index (χ3v) is 3.11. The molecule has 0 aliphatic heterocycles. The average molecular weight is 285 g/mol. The Kier molecular flexibility index (Phi) is 4.42. The molecule has 2 rings (SSSR count). The highest BCUT2D eigenvalue weighted by Gasteiger charge is 2.12. The van der Waals surface area contributed by atoms with E-state index in [0.29, 0.717) is 22.8 Å². The standard InChI is InChI=1S/C16H19N3O2/c1-4-13-14(8-5-10(2)19-13)21-15-9-11(20-3)6-7-12(15)16(17)18/h5-9H,4H2,1-3H3,(H3,17,18). The van der Waals surface area contributed by atoms with E-state index in [1.54, 1.807) is 25.3 Å². The number of hydrogen-bond donors (Lipinski definition) is 2. The van der Waals surface area contributed by atoms with Gasteiger partial charge in [-0.25, -0.2) is 0 Å². The van der Waals surface area contributed by atoms with Crippen LogP contribution in [0.4, 0.5) is 0 Å². The van der Waals surface area contributed by atoms with Crippen LogP contribution in [0.3, 0.4) is 0 Å². The topological polar surface area (TPSA) is 81.2 Å². The number of nitrogens with two attached hydrogens (primary N) is 1. The predicted octanol–water partition coefficient (Wildman–Crippen LogP) is 3.04. The number of benzene rings is 1. The molecule has 0 radical (unpaired) electrons. The molecule has 1 aromatic carbocycles. The zero-order valence-corrected chi connectivity index (χ0v) is 12.4. The molecular weight excluding hydrogens is 266 g/mol. The monoisotopic (exact) mass is 285 g/mol. The van der Waals surface area contributed by atoms with Crippen LogP contribution < -0.4 is 15.2 Å². The summed E-state index contributed by atoms with van der Waals surface area (Å²) in [7, 11) is 1.58. The zero-order chi connectivity index (χ0) is 15.4. The number of nitrogens with one attached hydrogen (secondary N) is 1. The van der Waals surface area contributed by atoms with Gasteiger partial charge in [0.25, 0.3) is 0 Å². The predicted molar refractivity (Wildman–Crippen MR) is 82.4 cm³/mol. The Balaban J connectivity index is 2.45. The molecule has 0 amide bonds. The van der Waals surface area contributed by atoms with E-state index in [0.717, 1.165) is 17.8 Å². The second kappa shape index (κ2) is 6.26. The molecular formula is C16H19N3O2. The first-order chi connectivity index (χ1) is 10.0. The summed E-state index contributed by atoms with van der Waals surface area (Å²) in [5, 5.41) is 7.64. The Labute approximate surface area is 124 Å². The van der Waals surface area contributed by atoms with Gasteiger partial charge in [-0.1, -0.05) is 6.92 Å². The molecule has 21 heavy (non-hydrogen) atoms. The number of methoxy groups -OCH3 is 1. The first-order valence-corrected chi connectivity index (χ1v) is 6.72. The van der Waals surface area contributed by atoms with Crippen LogP contribution in [-0.4, -0.2) is 17.9 Å². The maximum atomic E-state index is 7.64.